The Morgan fingerprint density at radius 3 is 2.64 bits per heavy atom. The number of amides is 1. The highest BCUT2D eigenvalue weighted by Gasteiger charge is 2.21. The van der Waals surface area contributed by atoms with Crippen molar-refractivity contribution in [3.05, 3.63) is 35.4 Å². The summed E-state index contributed by atoms with van der Waals surface area (Å²) in [6.45, 7) is 0. The van der Waals surface area contributed by atoms with E-state index in [1.807, 2.05) is 0 Å². The van der Waals surface area contributed by atoms with Crippen molar-refractivity contribution in [3.8, 4) is 0 Å². The van der Waals surface area contributed by atoms with Gasteiger partial charge in [0.25, 0.3) is 5.91 Å². The standard InChI is InChI=1S/C14H16F2N2O4/c1-21-14(20)12(18-13(19)8-17-22-2)6-4-9-3-5-10(15)11(16)7-9/h3,5,7-8,12H,4,6H2,1-2H3,(H,18,19)/b17-8+/t12-/m0/s1. The van der Waals surface area contributed by atoms with Gasteiger partial charge in [-0.3, -0.25) is 4.79 Å². The highest BCUT2D eigenvalue weighted by atomic mass is 19.2. The van der Waals surface area contributed by atoms with E-state index >= 15 is 0 Å². The van der Waals surface area contributed by atoms with Crippen LogP contribution in [0.25, 0.3) is 0 Å². The van der Waals surface area contributed by atoms with Crippen molar-refractivity contribution < 1.29 is 27.9 Å². The average molecular weight is 314 g/mol. The maximum absolute atomic E-state index is 13.1. The van der Waals surface area contributed by atoms with Crippen LogP contribution in [0.2, 0.25) is 0 Å². The number of methoxy groups -OCH3 is 1. The summed E-state index contributed by atoms with van der Waals surface area (Å²) in [4.78, 5) is 27.5. The van der Waals surface area contributed by atoms with Crippen molar-refractivity contribution in [3.63, 3.8) is 0 Å². The molecule has 1 rings (SSSR count). The molecule has 0 radical (unpaired) electrons. The highest BCUT2D eigenvalue weighted by Crippen LogP contribution is 2.11. The maximum atomic E-state index is 13.1. The first-order valence-corrected chi connectivity index (χ1v) is 6.36. The SMILES string of the molecule is CO/N=C/C(=O)N[C@@H](CCc1ccc(F)c(F)c1)C(=O)OC. The second-order valence-electron chi connectivity index (χ2n) is 4.29. The Bertz CT molecular complexity index is 564. The molecule has 22 heavy (non-hydrogen) atoms. The molecular formula is C14H16F2N2O4. The lowest BCUT2D eigenvalue weighted by atomic mass is 10.0. The van der Waals surface area contributed by atoms with Gasteiger partial charge in [-0.2, -0.15) is 0 Å². The first-order chi connectivity index (χ1) is 10.5. The Labute approximate surface area is 126 Å². The number of aryl methyl sites for hydroxylation is 1. The number of hydrogen-bond donors (Lipinski definition) is 1. The topological polar surface area (TPSA) is 77.0 Å². The van der Waals surface area contributed by atoms with Crippen LogP contribution in [-0.2, 0) is 25.6 Å². The first kappa shape index (κ1) is 17.5. The number of carbonyl (C=O) groups is 2. The molecule has 1 aromatic carbocycles. The normalized spacial score (nSPS) is 12.0. The monoisotopic (exact) mass is 314 g/mol. The van der Waals surface area contributed by atoms with E-state index in [9.17, 15) is 18.4 Å². The van der Waals surface area contributed by atoms with Gasteiger partial charge in [-0.15, -0.1) is 0 Å². The lowest BCUT2D eigenvalue weighted by Crippen LogP contribution is -2.42. The third kappa shape index (κ3) is 5.47. The van der Waals surface area contributed by atoms with Crippen molar-refractivity contribution in [2.24, 2.45) is 5.16 Å². The van der Waals surface area contributed by atoms with Crippen molar-refractivity contribution >= 4 is 18.1 Å². The van der Waals surface area contributed by atoms with Crippen LogP contribution >= 0.6 is 0 Å². The van der Waals surface area contributed by atoms with Gasteiger partial charge in [-0.05, 0) is 30.5 Å². The zero-order valence-electron chi connectivity index (χ0n) is 12.1. The summed E-state index contributed by atoms with van der Waals surface area (Å²) >= 11 is 0. The number of ether oxygens (including phenoxy) is 1. The van der Waals surface area contributed by atoms with Gasteiger partial charge in [-0.25, -0.2) is 13.6 Å². The molecule has 120 valence electrons. The van der Waals surface area contributed by atoms with Gasteiger partial charge in [-0.1, -0.05) is 11.2 Å². The number of rotatable bonds is 7. The van der Waals surface area contributed by atoms with Crippen molar-refractivity contribution in [2.75, 3.05) is 14.2 Å². The van der Waals surface area contributed by atoms with E-state index < -0.39 is 29.6 Å². The number of benzene rings is 1. The summed E-state index contributed by atoms with van der Waals surface area (Å²) in [5.41, 5.74) is 0.493. The molecule has 8 heteroatoms. The Morgan fingerprint density at radius 2 is 2.05 bits per heavy atom. The summed E-state index contributed by atoms with van der Waals surface area (Å²) in [7, 11) is 2.45. The zero-order chi connectivity index (χ0) is 16.5. The quantitative estimate of drug-likeness (QED) is 0.466. The number of oxime groups is 1. The van der Waals surface area contributed by atoms with Crippen LogP contribution in [-0.4, -0.2) is 38.4 Å². The number of esters is 1. The fourth-order valence-electron chi connectivity index (χ4n) is 1.71. The lowest BCUT2D eigenvalue weighted by Gasteiger charge is -2.15. The maximum Gasteiger partial charge on any atom is 0.328 e. The lowest BCUT2D eigenvalue weighted by molar-refractivity contribution is -0.144. The predicted molar refractivity (Wildman–Crippen MR) is 74.1 cm³/mol. The third-order valence-corrected chi connectivity index (χ3v) is 2.78. The molecule has 0 aliphatic carbocycles. The fourth-order valence-corrected chi connectivity index (χ4v) is 1.71. The summed E-state index contributed by atoms with van der Waals surface area (Å²) in [6.07, 6.45) is 1.27. The largest absolute Gasteiger partial charge is 0.467 e. The molecule has 0 fully saturated rings. The van der Waals surface area contributed by atoms with Crippen LogP contribution in [0, 0.1) is 11.6 Å². The molecule has 1 aromatic rings. The molecular weight excluding hydrogens is 298 g/mol. The van der Waals surface area contributed by atoms with Crippen LogP contribution in [0.4, 0.5) is 8.78 Å². The summed E-state index contributed by atoms with van der Waals surface area (Å²) in [6, 6.07) is 2.51. The molecule has 0 unspecified atom stereocenters. The number of hydrogen-bond acceptors (Lipinski definition) is 5. The van der Waals surface area contributed by atoms with Crippen molar-refractivity contribution in [2.45, 2.75) is 18.9 Å². The number of halogens is 2. The van der Waals surface area contributed by atoms with Gasteiger partial charge in [0.15, 0.2) is 11.6 Å². The molecule has 0 saturated heterocycles. The van der Waals surface area contributed by atoms with Crippen LogP contribution in [0.5, 0.6) is 0 Å². The van der Waals surface area contributed by atoms with Crippen molar-refractivity contribution in [1.82, 2.24) is 5.32 Å². The molecule has 1 N–H and O–H groups in total. The molecule has 0 spiro atoms. The molecule has 0 heterocycles. The smallest absolute Gasteiger partial charge is 0.328 e. The molecule has 0 aromatic heterocycles. The molecule has 1 atom stereocenters. The number of nitrogens with one attached hydrogen (secondary N) is 1. The minimum absolute atomic E-state index is 0.157. The third-order valence-electron chi connectivity index (χ3n) is 2.78. The Kier molecular flexibility index (Phi) is 6.94. The Morgan fingerprint density at radius 1 is 1.32 bits per heavy atom. The molecule has 0 saturated carbocycles. The van der Waals surface area contributed by atoms with Crippen LogP contribution in [0.1, 0.15) is 12.0 Å². The van der Waals surface area contributed by atoms with Gasteiger partial charge in [0, 0.05) is 0 Å². The molecule has 1 amide bonds. The van der Waals surface area contributed by atoms with E-state index in [0.29, 0.717) is 5.56 Å². The van der Waals surface area contributed by atoms with Gasteiger partial charge in [0.1, 0.15) is 19.4 Å². The highest BCUT2D eigenvalue weighted by molar-refractivity contribution is 6.26. The summed E-state index contributed by atoms with van der Waals surface area (Å²) in [5.74, 6) is -3.20. The zero-order valence-corrected chi connectivity index (χ0v) is 12.1. The first-order valence-electron chi connectivity index (χ1n) is 6.36. The predicted octanol–water partition coefficient (Wildman–Crippen LogP) is 1.19. The van der Waals surface area contributed by atoms with Crippen LogP contribution < -0.4 is 5.32 Å². The Hall–Kier alpha value is -2.51. The van der Waals surface area contributed by atoms with E-state index in [2.05, 4.69) is 20.0 Å². The second-order valence-corrected chi connectivity index (χ2v) is 4.29. The fraction of sp³-hybridized carbons (Fsp3) is 0.357. The molecule has 0 aliphatic heterocycles. The van der Waals surface area contributed by atoms with Crippen LogP contribution in [0.3, 0.4) is 0 Å². The van der Waals surface area contributed by atoms with Gasteiger partial charge < -0.3 is 14.9 Å². The average Bonchev–Trinajstić information content (AvgIpc) is 2.51. The minimum Gasteiger partial charge on any atom is -0.467 e. The van der Waals surface area contributed by atoms with Crippen molar-refractivity contribution in [1.29, 1.82) is 0 Å². The van der Waals surface area contributed by atoms with Crippen LogP contribution in [0.15, 0.2) is 23.4 Å². The number of carbonyl (C=O) groups excluding carboxylic acids is 2. The van der Waals surface area contributed by atoms with E-state index in [1.54, 1.807) is 0 Å². The van der Waals surface area contributed by atoms with E-state index in [-0.39, 0.29) is 12.8 Å². The van der Waals surface area contributed by atoms with Gasteiger partial charge >= 0.3 is 5.97 Å². The molecule has 0 aliphatic rings. The van der Waals surface area contributed by atoms with E-state index in [1.165, 1.54) is 20.3 Å². The molecule has 0 bridgehead atoms. The molecule has 6 nitrogen and oxygen atoms in total. The Balaban J connectivity index is 2.68. The van der Waals surface area contributed by atoms with E-state index in [0.717, 1.165) is 18.3 Å². The summed E-state index contributed by atoms with van der Waals surface area (Å²) in [5, 5.41) is 5.66. The van der Waals surface area contributed by atoms with Gasteiger partial charge in [0.05, 0.1) is 7.11 Å². The number of nitrogens with zero attached hydrogens (tertiary/aromatic N) is 1. The van der Waals surface area contributed by atoms with E-state index in [4.69, 9.17) is 0 Å². The van der Waals surface area contributed by atoms with Gasteiger partial charge in [0.2, 0.25) is 0 Å². The summed E-state index contributed by atoms with van der Waals surface area (Å²) < 4.78 is 30.5. The minimum atomic E-state index is -0.969. The second kappa shape index (κ2) is 8.71.